The zero-order valence-corrected chi connectivity index (χ0v) is 13.6. The Hall–Kier alpha value is -2.21. The lowest BCUT2D eigenvalue weighted by atomic mass is 10.1. The van der Waals surface area contributed by atoms with E-state index in [1.54, 1.807) is 10.7 Å². The van der Waals surface area contributed by atoms with Crippen LogP contribution in [-0.4, -0.2) is 27.3 Å². The molecule has 0 aliphatic rings. The Kier molecular flexibility index (Phi) is 5.50. The monoisotopic (exact) mass is 319 g/mol. The second kappa shape index (κ2) is 7.37. The molecule has 124 valence electrons. The number of aliphatic hydroxyl groups is 1. The second-order valence-corrected chi connectivity index (χ2v) is 5.70. The lowest BCUT2D eigenvalue weighted by molar-refractivity contribution is 0.0905. The number of hydrogen-bond donors (Lipinski definition) is 2. The summed E-state index contributed by atoms with van der Waals surface area (Å²) in [4.78, 5) is 12.3. The molecule has 0 radical (unpaired) electrons. The fourth-order valence-corrected chi connectivity index (χ4v) is 2.23. The number of aromatic nitrogens is 2. The van der Waals surface area contributed by atoms with Crippen LogP contribution in [0.1, 0.15) is 54.5 Å². The maximum atomic E-state index is 12.9. The first-order valence-electron chi connectivity index (χ1n) is 7.71. The van der Waals surface area contributed by atoms with Crippen molar-refractivity contribution in [2.75, 3.05) is 6.54 Å². The molecule has 0 saturated carbocycles. The van der Waals surface area contributed by atoms with E-state index in [1.165, 1.54) is 24.3 Å². The first-order valence-corrected chi connectivity index (χ1v) is 7.71. The molecular formula is C17H22FN3O2. The van der Waals surface area contributed by atoms with Gasteiger partial charge in [-0.15, -0.1) is 0 Å². The lowest BCUT2D eigenvalue weighted by Crippen LogP contribution is -2.30. The largest absolute Gasteiger partial charge is 0.387 e. The number of nitrogens with one attached hydrogen (secondary N) is 1. The molecule has 2 N–H and O–H groups in total. The quantitative estimate of drug-likeness (QED) is 0.860. The van der Waals surface area contributed by atoms with E-state index in [4.69, 9.17) is 0 Å². The summed E-state index contributed by atoms with van der Waals surface area (Å²) >= 11 is 0. The number of amides is 1. The Morgan fingerprint density at radius 1 is 1.35 bits per heavy atom. The van der Waals surface area contributed by atoms with Gasteiger partial charge >= 0.3 is 0 Å². The highest BCUT2D eigenvalue weighted by Gasteiger charge is 2.17. The van der Waals surface area contributed by atoms with Crippen LogP contribution in [-0.2, 0) is 6.54 Å². The number of rotatable bonds is 6. The minimum atomic E-state index is -0.887. The molecule has 0 spiro atoms. The van der Waals surface area contributed by atoms with E-state index >= 15 is 0 Å². The fourth-order valence-electron chi connectivity index (χ4n) is 2.23. The number of aliphatic hydroxyl groups excluding tert-OH is 1. The maximum absolute atomic E-state index is 12.9. The number of carbonyl (C=O) groups is 1. The van der Waals surface area contributed by atoms with Crippen LogP contribution in [0, 0.1) is 5.82 Å². The average molecular weight is 319 g/mol. The summed E-state index contributed by atoms with van der Waals surface area (Å²) in [6.07, 6.45) is -0.887. The molecule has 2 aromatic rings. The number of aryl methyl sites for hydroxylation is 1. The van der Waals surface area contributed by atoms with E-state index in [9.17, 15) is 14.3 Å². The van der Waals surface area contributed by atoms with E-state index in [0.29, 0.717) is 17.8 Å². The maximum Gasteiger partial charge on any atom is 0.269 e. The molecule has 2 rings (SSSR count). The summed E-state index contributed by atoms with van der Waals surface area (Å²) in [5.74, 6) is -0.412. The number of halogens is 1. The fraction of sp³-hybridized carbons (Fsp3) is 0.412. The molecule has 0 aliphatic heterocycles. The molecule has 23 heavy (non-hydrogen) atoms. The molecule has 6 heteroatoms. The van der Waals surface area contributed by atoms with Crippen LogP contribution in [0.15, 0.2) is 30.3 Å². The summed E-state index contributed by atoms with van der Waals surface area (Å²) < 4.78 is 14.5. The molecular weight excluding hydrogens is 297 g/mol. The minimum absolute atomic E-state index is 0.0520. The third-order valence-electron chi connectivity index (χ3n) is 3.63. The van der Waals surface area contributed by atoms with E-state index < -0.39 is 6.10 Å². The zero-order chi connectivity index (χ0) is 17.0. The summed E-state index contributed by atoms with van der Waals surface area (Å²) in [7, 11) is 0. The first-order chi connectivity index (χ1) is 10.9. The van der Waals surface area contributed by atoms with E-state index in [2.05, 4.69) is 10.4 Å². The van der Waals surface area contributed by atoms with E-state index in [0.717, 1.165) is 5.69 Å². The summed E-state index contributed by atoms with van der Waals surface area (Å²) in [5, 5.41) is 17.2. The third kappa shape index (κ3) is 4.16. The van der Waals surface area contributed by atoms with Crippen molar-refractivity contribution in [2.45, 2.75) is 39.3 Å². The van der Waals surface area contributed by atoms with Gasteiger partial charge in [-0.25, -0.2) is 4.39 Å². The van der Waals surface area contributed by atoms with Gasteiger partial charge in [0.15, 0.2) is 0 Å². The molecule has 1 heterocycles. The van der Waals surface area contributed by atoms with Crippen molar-refractivity contribution in [1.82, 2.24) is 15.1 Å². The Morgan fingerprint density at radius 2 is 2.00 bits per heavy atom. The van der Waals surface area contributed by atoms with Gasteiger partial charge in [-0.3, -0.25) is 9.48 Å². The Morgan fingerprint density at radius 3 is 2.57 bits per heavy atom. The van der Waals surface area contributed by atoms with Gasteiger partial charge in [0.25, 0.3) is 5.91 Å². The Balaban J connectivity index is 2.03. The van der Waals surface area contributed by atoms with Crippen LogP contribution < -0.4 is 5.32 Å². The van der Waals surface area contributed by atoms with Crippen LogP contribution in [0.25, 0.3) is 0 Å². The van der Waals surface area contributed by atoms with Gasteiger partial charge in [-0.05, 0) is 36.6 Å². The molecule has 0 bridgehead atoms. The molecule has 0 saturated heterocycles. The number of benzene rings is 1. The normalized spacial score (nSPS) is 12.4. The predicted octanol–water partition coefficient (Wildman–Crippen LogP) is 2.63. The molecule has 1 amide bonds. The highest BCUT2D eigenvalue weighted by atomic mass is 19.1. The van der Waals surface area contributed by atoms with Crippen LogP contribution in [0.3, 0.4) is 0 Å². The molecule has 5 nitrogen and oxygen atoms in total. The lowest BCUT2D eigenvalue weighted by Gasteiger charge is -2.12. The number of hydrogen-bond acceptors (Lipinski definition) is 3. The van der Waals surface area contributed by atoms with Crippen molar-refractivity contribution in [3.8, 4) is 0 Å². The van der Waals surface area contributed by atoms with Crippen LogP contribution in [0.5, 0.6) is 0 Å². The smallest absolute Gasteiger partial charge is 0.269 e. The molecule has 1 aromatic carbocycles. The summed E-state index contributed by atoms with van der Waals surface area (Å²) in [6, 6.07) is 7.33. The first kappa shape index (κ1) is 17.1. The van der Waals surface area contributed by atoms with Gasteiger partial charge < -0.3 is 10.4 Å². The number of carbonyl (C=O) groups excluding carboxylic acids is 1. The van der Waals surface area contributed by atoms with Gasteiger partial charge in [-0.2, -0.15) is 5.10 Å². The molecule has 1 aromatic heterocycles. The predicted molar refractivity (Wildman–Crippen MR) is 85.7 cm³/mol. The highest BCUT2D eigenvalue weighted by Crippen LogP contribution is 2.16. The van der Waals surface area contributed by atoms with Crippen molar-refractivity contribution >= 4 is 5.91 Å². The van der Waals surface area contributed by atoms with Crippen molar-refractivity contribution in [2.24, 2.45) is 0 Å². The summed E-state index contributed by atoms with van der Waals surface area (Å²) in [5.41, 5.74) is 1.89. The average Bonchev–Trinajstić information content (AvgIpc) is 2.97. The molecule has 0 fully saturated rings. The highest BCUT2D eigenvalue weighted by molar-refractivity contribution is 5.92. The van der Waals surface area contributed by atoms with Crippen LogP contribution in [0.4, 0.5) is 4.39 Å². The Bertz CT molecular complexity index is 665. The van der Waals surface area contributed by atoms with Gasteiger partial charge in [0, 0.05) is 13.1 Å². The summed E-state index contributed by atoms with van der Waals surface area (Å²) in [6.45, 7) is 6.60. The minimum Gasteiger partial charge on any atom is -0.387 e. The standard InChI is InChI=1S/C17H22FN3O2/c1-4-21-15(9-14(20-21)11(2)3)17(23)19-10-16(22)12-5-7-13(18)8-6-12/h5-9,11,16,22H,4,10H2,1-3H3,(H,19,23). The Labute approximate surface area is 135 Å². The zero-order valence-electron chi connectivity index (χ0n) is 13.6. The van der Waals surface area contributed by atoms with Gasteiger partial charge in [0.05, 0.1) is 11.8 Å². The van der Waals surface area contributed by atoms with Crippen molar-refractivity contribution in [3.63, 3.8) is 0 Å². The van der Waals surface area contributed by atoms with Crippen LogP contribution in [0.2, 0.25) is 0 Å². The van der Waals surface area contributed by atoms with Gasteiger partial charge in [0.1, 0.15) is 11.5 Å². The van der Waals surface area contributed by atoms with Crippen molar-refractivity contribution in [3.05, 3.63) is 53.1 Å². The van der Waals surface area contributed by atoms with Crippen molar-refractivity contribution in [1.29, 1.82) is 0 Å². The van der Waals surface area contributed by atoms with Crippen molar-refractivity contribution < 1.29 is 14.3 Å². The number of nitrogens with zero attached hydrogens (tertiary/aromatic N) is 2. The third-order valence-corrected chi connectivity index (χ3v) is 3.63. The second-order valence-electron chi connectivity index (χ2n) is 5.70. The SMILES string of the molecule is CCn1nc(C(C)C)cc1C(=O)NCC(O)c1ccc(F)cc1. The topological polar surface area (TPSA) is 67.2 Å². The molecule has 1 atom stereocenters. The van der Waals surface area contributed by atoms with Gasteiger partial charge in [-0.1, -0.05) is 26.0 Å². The van der Waals surface area contributed by atoms with E-state index in [1.807, 2.05) is 20.8 Å². The molecule has 1 unspecified atom stereocenters. The van der Waals surface area contributed by atoms with Gasteiger partial charge in [0.2, 0.25) is 0 Å². The van der Waals surface area contributed by atoms with Crippen LogP contribution >= 0.6 is 0 Å². The van der Waals surface area contributed by atoms with E-state index in [-0.39, 0.29) is 24.2 Å². The molecule has 0 aliphatic carbocycles.